The Kier molecular flexibility index (Phi) is 8.00. The van der Waals surface area contributed by atoms with Crippen LogP contribution in [0.4, 0.5) is 0 Å². The van der Waals surface area contributed by atoms with Crippen molar-refractivity contribution in [2.24, 2.45) is 0 Å². The van der Waals surface area contributed by atoms with Gasteiger partial charge in [0.05, 0.1) is 24.7 Å². The minimum Gasteiger partial charge on any atom is -0.338 e. The van der Waals surface area contributed by atoms with Gasteiger partial charge in [-0.3, -0.25) is 9.48 Å². The largest absolute Gasteiger partial charge is 0.338 e. The average Bonchev–Trinajstić information content (AvgIpc) is 3.07. The molecule has 0 aliphatic carbocycles. The molecule has 0 fully saturated rings. The fourth-order valence-corrected chi connectivity index (χ4v) is 3.86. The molecule has 1 aromatic heterocycles. The Hall–Kier alpha value is -3.39. The van der Waals surface area contributed by atoms with Crippen LogP contribution in [0.3, 0.4) is 0 Å². The lowest BCUT2D eigenvalue weighted by Gasteiger charge is -2.23. The van der Waals surface area contributed by atoms with E-state index in [9.17, 15) is 4.79 Å². The smallest absolute Gasteiger partial charge is 0.223 e. The van der Waals surface area contributed by atoms with Crippen molar-refractivity contribution >= 4 is 5.91 Å². The Bertz CT molecular complexity index is 1020. The summed E-state index contributed by atoms with van der Waals surface area (Å²) in [5.41, 5.74) is 5.50. The molecule has 0 aliphatic rings. The molecular formula is C26H30N4O. The molecule has 0 saturated heterocycles. The highest BCUT2D eigenvalue weighted by atomic mass is 16.2. The molecule has 0 spiro atoms. The Balaban J connectivity index is 1.67. The second kappa shape index (κ2) is 11.1. The highest BCUT2D eigenvalue weighted by Gasteiger charge is 2.17. The third-order valence-electron chi connectivity index (χ3n) is 5.64. The molecule has 0 bridgehead atoms. The number of rotatable bonds is 10. The van der Waals surface area contributed by atoms with Gasteiger partial charge in [-0.25, -0.2) is 0 Å². The lowest BCUT2D eigenvalue weighted by Crippen LogP contribution is -2.32. The Morgan fingerprint density at radius 1 is 1.00 bits per heavy atom. The van der Waals surface area contributed by atoms with E-state index in [0.717, 1.165) is 28.9 Å². The van der Waals surface area contributed by atoms with E-state index in [1.165, 1.54) is 5.56 Å². The maximum absolute atomic E-state index is 13.2. The standard InChI is InChI=1S/C26H30N4O/c1-21-25(22(2)30(28-21)18-9-17-27)14-15-26(31)29(20-24-12-7-4-8-13-24)19-16-23-10-5-3-6-11-23/h3-8,10-13H,9,14-16,18-20H2,1-2H3. The van der Waals surface area contributed by atoms with Crippen molar-refractivity contribution in [2.45, 2.75) is 52.6 Å². The lowest BCUT2D eigenvalue weighted by molar-refractivity contribution is -0.131. The van der Waals surface area contributed by atoms with E-state index >= 15 is 0 Å². The third kappa shape index (κ3) is 6.29. The summed E-state index contributed by atoms with van der Waals surface area (Å²) in [5, 5.41) is 13.4. The molecule has 2 aromatic carbocycles. The predicted molar refractivity (Wildman–Crippen MR) is 122 cm³/mol. The monoisotopic (exact) mass is 414 g/mol. The van der Waals surface area contributed by atoms with Gasteiger partial charge in [-0.2, -0.15) is 10.4 Å². The van der Waals surface area contributed by atoms with Crippen molar-refractivity contribution in [1.82, 2.24) is 14.7 Å². The van der Waals surface area contributed by atoms with Gasteiger partial charge in [0, 0.05) is 25.2 Å². The fourth-order valence-electron chi connectivity index (χ4n) is 3.86. The molecule has 31 heavy (non-hydrogen) atoms. The fraction of sp³-hybridized carbons (Fsp3) is 0.346. The van der Waals surface area contributed by atoms with Crippen molar-refractivity contribution in [3.05, 3.63) is 88.7 Å². The van der Waals surface area contributed by atoms with Crippen molar-refractivity contribution in [3.8, 4) is 6.07 Å². The number of hydrogen-bond acceptors (Lipinski definition) is 3. The number of carbonyl (C=O) groups excluding carboxylic acids is 1. The highest BCUT2D eigenvalue weighted by molar-refractivity contribution is 5.76. The number of nitrogens with zero attached hydrogens (tertiary/aromatic N) is 4. The minimum absolute atomic E-state index is 0.156. The maximum Gasteiger partial charge on any atom is 0.223 e. The summed E-state index contributed by atoms with van der Waals surface area (Å²) in [4.78, 5) is 15.2. The van der Waals surface area contributed by atoms with E-state index in [4.69, 9.17) is 5.26 Å². The first-order valence-electron chi connectivity index (χ1n) is 10.8. The second-order valence-corrected chi connectivity index (χ2v) is 7.82. The van der Waals surface area contributed by atoms with Crippen LogP contribution in [0.15, 0.2) is 60.7 Å². The lowest BCUT2D eigenvalue weighted by atomic mass is 10.1. The molecule has 0 radical (unpaired) electrons. The molecule has 3 rings (SSSR count). The topological polar surface area (TPSA) is 61.9 Å². The van der Waals surface area contributed by atoms with E-state index in [2.05, 4.69) is 35.4 Å². The van der Waals surface area contributed by atoms with Gasteiger partial charge in [-0.05, 0) is 43.4 Å². The van der Waals surface area contributed by atoms with E-state index in [-0.39, 0.29) is 5.91 Å². The minimum atomic E-state index is 0.156. The summed E-state index contributed by atoms with van der Waals surface area (Å²) >= 11 is 0. The maximum atomic E-state index is 13.2. The average molecular weight is 415 g/mol. The first kappa shape index (κ1) is 22.3. The molecule has 0 saturated carbocycles. The van der Waals surface area contributed by atoms with Crippen LogP contribution in [0.2, 0.25) is 0 Å². The van der Waals surface area contributed by atoms with Crippen LogP contribution < -0.4 is 0 Å². The van der Waals surface area contributed by atoms with Gasteiger partial charge < -0.3 is 4.90 Å². The zero-order valence-electron chi connectivity index (χ0n) is 18.4. The molecule has 1 heterocycles. The van der Waals surface area contributed by atoms with Crippen LogP contribution in [0.25, 0.3) is 0 Å². The Morgan fingerprint density at radius 3 is 2.29 bits per heavy atom. The highest BCUT2D eigenvalue weighted by Crippen LogP contribution is 2.17. The second-order valence-electron chi connectivity index (χ2n) is 7.82. The van der Waals surface area contributed by atoms with Crippen molar-refractivity contribution in [3.63, 3.8) is 0 Å². The third-order valence-corrected chi connectivity index (χ3v) is 5.64. The molecular weight excluding hydrogens is 384 g/mol. The van der Waals surface area contributed by atoms with Crippen molar-refractivity contribution < 1.29 is 4.79 Å². The molecule has 0 unspecified atom stereocenters. The molecule has 0 atom stereocenters. The van der Waals surface area contributed by atoms with E-state index in [0.29, 0.717) is 38.9 Å². The Morgan fingerprint density at radius 2 is 1.65 bits per heavy atom. The molecule has 160 valence electrons. The van der Waals surface area contributed by atoms with E-state index in [1.54, 1.807) is 0 Å². The number of benzene rings is 2. The Labute approximate surface area is 184 Å². The van der Waals surface area contributed by atoms with Gasteiger partial charge in [-0.1, -0.05) is 60.7 Å². The molecule has 5 nitrogen and oxygen atoms in total. The molecule has 3 aromatic rings. The molecule has 5 heteroatoms. The SMILES string of the molecule is Cc1nn(CCC#N)c(C)c1CCC(=O)N(CCc1ccccc1)Cc1ccccc1. The zero-order valence-corrected chi connectivity index (χ0v) is 18.4. The first-order valence-corrected chi connectivity index (χ1v) is 10.8. The van der Waals surface area contributed by atoms with Gasteiger partial charge in [0.1, 0.15) is 0 Å². The van der Waals surface area contributed by atoms with Gasteiger partial charge in [0.25, 0.3) is 0 Å². The van der Waals surface area contributed by atoms with Gasteiger partial charge in [-0.15, -0.1) is 0 Å². The summed E-state index contributed by atoms with van der Waals surface area (Å²) < 4.78 is 1.88. The number of amides is 1. The number of aromatic nitrogens is 2. The molecule has 1 amide bonds. The number of carbonyl (C=O) groups is 1. The number of nitriles is 1. The van der Waals surface area contributed by atoms with Crippen LogP contribution in [0.5, 0.6) is 0 Å². The van der Waals surface area contributed by atoms with Gasteiger partial charge in [0.15, 0.2) is 0 Å². The summed E-state index contributed by atoms with van der Waals surface area (Å²) in [7, 11) is 0. The normalized spacial score (nSPS) is 10.6. The summed E-state index contributed by atoms with van der Waals surface area (Å²) in [6.45, 7) is 5.90. The van der Waals surface area contributed by atoms with E-state index < -0.39 is 0 Å². The van der Waals surface area contributed by atoms with Crippen LogP contribution in [-0.2, 0) is 30.7 Å². The zero-order chi connectivity index (χ0) is 22.1. The van der Waals surface area contributed by atoms with Gasteiger partial charge in [0.2, 0.25) is 5.91 Å². The van der Waals surface area contributed by atoms with Crippen LogP contribution in [0, 0.1) is 25.2 Å². The predicted octanol–water partition coefficient (Wildman–Crippen LogP) is 4.62. The van der Waals surface area contributed by atoms with Crippen molar-refractivity contribution in [1.29, 1.82) is 5.26 Å². The molecule has 0 N–H and O–H groups in total. The van der Waals surface area contributed by atoms with Crippen LogP contribution in [0.1, 0.15) is 40.9 Å². The van der Waals surface area contributed by atoms with Gasteiger partial charge >= 0.3 is 0 Å². The van der Waals surface area contributed by atoms with E-state index in [1.807, 2.05) is 59.8 Å². The number of hydrogen-bond donors (Lipinski definition) is 0. The summed E-state index contributed by atoms with van der Waals surface area (Å²) in [6, 6.07) is 22.6. The quantitative estimate of drug-likeness (QED) is 0.486. The summed E-state index contributed by atoms with van der Waals surface area (Å²) in [6.07, 6.45) is 2.39. The molecule has 0 aliphatic heterocycles. The van der Waals surface area contributed by atoms with Crippen molar-refractivity contribution in [2.75, 3.05) is 6.54 Å². The van der Waals surface area contributed by atoms with Crippen LogP contribution in [-0.4, -0.2) is 27.1 Å². The summed E-state index contributed by atoms with van der Waals surface area (Å²) in [5.74, 6) is 0.156. The first-order chi connectivity index (χ1) is 15.1. The van der Waals surface area contributed by atoms with Crippen LogP contribution >= 0.6 is 0 Å². The number of aryl methyl sites for hydroxylation is 2.